The molecule has 1 aliphatic heterocycles. The molecule has 3 aromatic rings. The van der Waals surface area contributed by atoms with Gasteiger partial charge < -0.3 is 15.1 Å². The maximum atomic E-state index is 13.2. The standard InChI is InChI=1S/C22H26F3N9O/c1-13-14(2)20(31-30-19(13)18-5-8-28-33(18)4)34-9-6-15(7-10-34)32(3)21(35)29-17-12-27-26-11-16(17)22(23,24)25/h5,8,11-12,15H,6-7,9-10H2,1-4H3,(H,26,29,35). The first-order valence-electron chi connectivity index (χ1n) is 11.1. The monoisotopic (exact) mass is 489 g/mol. The lowest BCUT2D eigenvalue weighted by Crippen LogP contribution is -2.47. The summed E-state index contributed by atoms with van der Waals surface area (Å²) in [7, 11) is 3.43. The number of rotatable bonds is 4. The minimum absolute atomic E-state index is 0.140. The number of urea groups is 1. The molecule has 3 aromatic heterocycles. The Balaban J connectivity index is 1.41. The van der Waals surface area contributed by atoms with Gasteiger partial charge in [0.25, 0.3) is 0 Å². The summed E-state index contributed by atoms with van der Waals surface area (Å²) in [5, 5.41) is 22.2. The number of anilines is 2. The number of halogens is 3. The highest BCUT2D eigenvalue weighted by Crippen LogP contribution is 2.34. The van der Waals surface area contributed by atoms with E-state index in [0.29, 0.717) is 32.1 Å². The third-order valence-corrected chi connectivity index (χ3v) is 6.47. The molecule has 186 valence electrons. The van der Waals surface area contributed by atoms with E-state index in [4.69, 9.17) is 0 Å². The summed E-state index contributed by atoms with van der Waals surface area (Å²) in [6.07, 6.45) is -0.171. The van der Waals surface area contributed by atoms with Crippen LogP contribution in [0.3, 0.4) is 0 Å². The lowest BCUT2D eigenvalue weighted by molar-refractivity contribution is -0.137. The van der Waals surface area contributed by atoms with Crippen molar-refractivity contribution in [3.8, 4) is 11.4 Å². The van der Waals surface area contributed by atoms with Crippen LogP contribution in [0, 0.1) is 13.8 Å². The Labute approximate surface area is 200 Å². The van der Waals surface area contributed by atoms with E-state index >= 15 is 0 Å². The predicted octanol–water partition coefficient (Wildman–Crippen LogP) is 3.44. The zero-order chi connectivity index (χ0) is 25.3. The molecule has 10 nitrogen and oxygen atoms in total. The molecule has 4 heterocycles. The molecule has 0 aliphatic carbocycles. The van der Waals surface area contributed by atoms with E-state index in [2.05, 4.69) is 35.7 Å². The number of carbonyl (C=O) groups excluding carboxylic acids is 1. The fourth-order valence-corrected chi connectivity index (χ4v) is 4.22. The predicted molar refractivity (Wildman–Crippen MR) is 123 cm³/mol. The highest BCUT2D eigenvalue weighted by atomic mass is 19.4. The number of aromatic nitrogens is 6. The molecule has 0 atom stereocenters. The number of alkyl halides is 3. The summed E-state index contributed by atoms with van der Waals surface area (Å²) < 4.78 is 41.3. The van der Waals surface area contributed by atoms with Crippen molar-refractivity contribution in [3.05, 3.63) is 41.3 Å². The van der Waals surface area contributed by atoms with Crippen molar-refractivity contribution in [1.82, 2.24) is 35.1 Å². The molecule has 1 N–H and O–H groups in total. The molecule has 1 saturated heterocycles. The second kappa shape index (κ2) is 9.47. The quantitative estimate of drug-likeness (QED) is 0.599. The molecule has 13 heteroatoms. The number of carbonyl (C=O) groups is 1. The van der Waals surface area contributed by atoms with E-state index in [1.807, 2.05) is 27.0 Å². The van der Waals surface area contributed by atoms with Crippen LogP contribution in [0.2, 0.25) is 0 Å². The van der Waals surface area contributed by atoms with Crippen LogP contribution in [0.4, 0.5) is 29.5 Å². The molecule has 0 bridgehead atoms. The van der Waals surface area contributed by atoms with Crippen molar-refractivity contribution >= 4 is 17.5 Å². The van der Waals surface area contributed by atoms with Crippen molar-refractivity contribution in [2.75, 3.05) is 30.4 Å². The van der Waals surface area contributed by atoms with Crippen LogP contribution in [0.15, 0.2) is 24.7 Å². The molecular formula is C22H26F3N9O. The Hall–Kier alpha value is -3.77. The average molecular weight is 490 g/mol. The van der Waals surface area contributed by atoms with E-state index in [-0.39, 0.29) is 6.04 Å². The minimum Gasteiger partial charge on any atom is -0.355 e. The molecule has 0 aromatic carbocycles. The highest BCUT2D eigenvalue weighted by molar-refractivity contribution is 5.90. The van der Waals surface area contributed by atoms with Gasteiger partial charge in [0, 0.05) is 39.4 Å². The van der Waals surface area contributed by atoms with Crippen molar-refractivity contribution in [3.63, 3.8) is 0 Å². The minimum atomic E-state index is -4.65. The summed E-state index contributed by atoms with van der Waals surface area (Å²) in [5.41, 5.74) is 2.24. The van der Waals surface area contributed by atoms with Gasteiger partial charge >= 0.3 is 12.2 Å². The van der Waals surface area contributed by atoms with Gasteiger partial charge in [0.1, 0.15) is 11.3 Å². The second-order valence-electron chi connectivity index (χ2n) is 8.54. The summed E-state index contributed by atoms with van der Waals surface area (Å²) in [6.45, 7) is 5.27. The van der Waals surface area contributed by atoms with Crippen LogP contribution >= 0.6 is 0 Å². The maximum absolute atomic E-state index is 13.2. The molecule has 1 fully saturated rings. The van der Waals surface area contributed by atoms with Gasteiger partial charge in [-0.2, -0.15) is 28.5 Å². The molecule has 0 radical (unpaired) electrons. The van der Waals surface area contributed by atoms with Crippen LogP contribution in [0.1, 0.15) is 29.5 Å². The van der Waals surface area contributed by atoms with Gasteiger partial charge in [0.15, 0.2) is 5.82 Å². The Bertz CT molecular complexity index is 1220. The van der Waals surface area contributed by atoms with E-state index in [1.54, 1.807) is 17.9 Å². The largest absolute Gasteiger partial charge is 0.420 e. The smallest absolute Gasteiger partial charge is 0.355 e. The van der Waals surface area contributed by atoms with Crippen LogP contribution < -0.4 is 10.2 Å². The second-order valence-corrected chi connectivity index (χ2v) is 8.54. The van der Waals surface area contributed by atoms with E-state index in [0.717, 1.165) is 34.5 Å². The van der Waals surface area contributed by atoms with E-state index in [1.165, 1.54) is 4.90 Å². The van der Waals surface area contributed by atoms with Crippen LogP contribution in [0.25, 0.3) is 11.4 Å². The normalized spacial score (nSPS) is 14.8. The lowest BCUT2D eigenvalue weighted by atomic mass is 10.0. The van der Waals surface area contributed by atoms with Gasteiger partial charge in [-0.1, -0.05) is 0 Å². The van der Waals surface area contributed by atoms with Crippen molar-refractivity contribution in [2.45, 2.75) is 38.9 Å². The van der Waals surface area contributed by atoms with Gasteiger partial charge in [0.2, 0.25) is 0 Å². The van der Waals surface area contributed by atoms with E-state index < -0.39 is 23.5 Å². The Kier molecular flexibility index (Phi) is 6.59. The Morgan fingerprint density at radius 2 is 1.80 bits per heavy atom. The fraction of sp³-hybridized carbons (Fsp3) is 0.455. The summed E-state index contributed by atoms with van der Waals surface area (Å²) in [5.74, 6) is 0.789. The van der Waals surface area contributed by atoms with Crippen LogP contribution in [0.5, 0.6) is 0 Å². The van der Waals surface area contributed by atoms with Crippen LogP contribution in [-0.2, 0) is 13.2 Å². The molecule has 1 aliphatic rings. The molecule has 35 heavy (non-hydrogen) atoms. The third kappa shape index (κ3) is 4.88. The Morgan fingerprint density at radius 1 is 1.11 bits per heavy atom. The number of nitrogens with zero attached hydrogens (tertiary/aromatic N) is 8. The Morgan fingerprint density at radius 3 is 2.43 bits per heavy atom. The third-order valence-electron chi connectivity index (χ3n) is 6.47. The van der Waals surface area contributed by atoms with Gasteiger partial charge in [-0.25, -0.2) is 4.79 Å². The number of hydrogen-bond acceptors (Lipinski definition) is 7. The summed E-state index contributed by atoms with van der Waals surface area (Å²) in [4.78, 5) is 16.2. The number of hydrogen-bond donors (Lipinski definition) is 1. The van der Waals surface area contributed by atoms with Gasteiger partial charge in [-0.15, -0.1) is 10.2 Å². The fourth-order valence-electron chi connectivity index (χ4n) is 4.22. The molecular weight excluding hydrogens is 463 g/mol. The van der Waals surface area contributed by atoms with Crippen molar-refractivity contribution in [1.29, 1.82) is 0 Å². The van der Waals surface area contributed by atoms with Crippen molar-refractivity contribution in [2.24, 2.45) is 7.05 Å². The van der Waals surface area contributed by atoms with Crippen LogP contribution in [-0.4, -0.2) is 67.3 Å². The van der Waals surface area contributed by atoms with E-state index in [9.17, 15) is 18.0 Å². The lowest BCUT2D eigenvalue weighted by Gasteiger charge is -2.37. The topological polar surface area (TPSA) is 105 Å². The first-order valence-corrected chi connectivity index (χ1v) is 11.1. The number of aryl methyl sites for hydroxylation is 1. The van der Waals surface area contributed by atoms with Gasteiger partial charge in [0.05, 0.1) is 23.8 Å². The highest BCUT2D eigenvalue weighted by Gasteiger charge is 2.35. The maximum Gasteiger partial charge on any atom is 0.420 e. The van der Waals surface area contributed by atoms with Gasteiger partial charge in [-0.3, -0.25) is 4.68 Å². The molecule has 4 rings (SSSR count). The molecule has 0 saturated carbocycles. The molecule has 0 spiro atoms. The first kappa shape index (κ1) is 24.4. The number of piperidine rings is 1. The number of nitrogens with one attached hydrogen (secondary N) is 1. The summed E-state index contributed by atoms with van der Waals surface area (Å²) >= 11 is 0. The average Bonchev–Trinajstić information content (AvgIpc) is 3.25. The molecule has 2 amide bonds. The molecule has 0 unspecified atom stereocenters. The summed E-state index contributed by atoms with van der Waals surface area (Å²) in [6, 6.07) is 1.12. The number of amides is 2. The van der Waals surface area contributed by atoms with Gasteiger partial charge in [-0.05, 0) is 43.9 Å². The zero-order valence-electron chi connectivity index (χ0n) is 19.8. The SMILES string of the molecule is Cc1c(-c2ccnn2C)nnc(N2CCC(N(C)C(=O)Nc3cnncc3C(F)(F)F)CC2)c1C. The van der Waals surface area contributed by atoms with Crippen molar-refractivity contribution < 1.29 is 18.0 Å². The zero-order valence-corrected chi connectivity index (χ0v) is 19.8. The first-order chi connectivity index (χ1) is 16.6.